The summed E-state index contributed by atoms with van der Waals surface area (Å²) in [5, 5.41) is 12.6. The predicted molar refractivity (Wildman–Crippen MR) is 95.9 cm³/mol. The molecule has 2 aromatic carbocycles. The van der Waals surface area contributed by atoms with Gasteiger partial charge in [-0.25, -0.2) is 0 Å². The number of benzene rings is 2. The molecular weight excluding hydrogens is 320 g/mol. The van der Waals surface area contributed by atoms with Crippen molar-refractivity contribution in [2.75, 3.05) is 11.9 Å². The maximum absolute atomic E-state index is 12.1. The monoisotopic (exact) mass is 342 g/mol. The minimum absolute atomic E-state index is 0.0166. The summed E-state index contributed by atoms with van der Waals surface area (Å²) in [6.45, 7) is 5.86. The van der Waals surface area contributed by atoms with E-state index in [4.69, 9.17) is 10.5 Å². The van der Waals surface area contributed by atoms with Crippen LogP contribution in [0.1, 0.15) is 36.7 Å². The lowest BCUT2D eigenvalue weighted by atomic mass is 9.87. The molecule has 0 aliphatic carbocycles. The number of aromatic hydroxyl groups is 1. The summed E-state index contributed by atoms with van der Waals surface area (Å²) >= 11 is 0. The van der Waals surface area contributed by atoms with Crippen LogP contribution in [0.5, 0.6) is 11.5 Å². The first-order chi connectivity index (χ1) is 11.7. The highest BCUT2D eigenvalue weighted by atomic mass is 16.5. The van der Waals surface area contributed by atoms with Crippen LogP contribution in [0.15, 0.2) is 42.5 Å². The Balaban J connectivity index is 2.03. The third-order valence-corrected chi connectivity index (χ3v) is 3.63. The number of rotatable bonds is 5. The lowest BCUT2D eigenvalue weighted by molar-refractivity contribution is -0.118. The van der Waals surface area contributed by atoms with Crippen LogP contribution >= 0.6 is 0 Å². The molecule has 0 unspecified atom stereocenters. The second kappa shape index (κ2) is 7.25. The Morgan fingerprint density at radius 1 is 1.16 bits per heavy atom. The van der Waals surface area contributed by atoms with E-state index < -0.39 is 11.8 Å². The quantitative estimate of drug-likeness (QED) is 0.727. The van der Waals surface area contributed by atoms with Crippen molar-refractivity contribution in [2.24, 2.45) is 5.73 Å². The number of primary amides is 1. The van der Waals surface area contributed by atoms with E-state index in [2.05, 4.69) is 5.32 Å². The maximum atomic E-state index is 12.1. The number of phenolic OH excluding ortho intramolecular Hbond substituents is 1. The average Bonchev–Trinajstić information content (AvgIpc) is 2.54. The van der Waals surface area contributed by atoms with Crippen molar-refractivity contribution in [1.29, 1.82) is 0 Å². The largest absolute Gasteiger partial charge is 0.506 e. The second-order valence-electron chi connectivity index (χ2n) is 6.71. The molecule has 0 saturated carbocycles. The molecule has 0 aromatic heterocycles. The number of carbonyl (C=O) groups excluding carboxylic acids is 2. The Hall–Kier alpha value is -3.02. The molecule has 132 valence electrons. The van der Waals surface area contributed by atoms with Gasteiger partial charge in [-0.15, -0.1) is 0 Å². The summed E-state index contributed by atoms with van der Waals surface area (Å²) < 4.78 is 5.37. The van der Waals surface area contributed by atoms with Crippen LogP contribution in [0.3, 0.4) is 0 Å². The van der Waals surface area contributed by atoms with Gasteiger partial charge in [0.2, 0.25) is 5.91 Å². The van der Waals surface area contributed by atoms with Gasteiger partial charge in [-0.1, -0.05) is 32.9 Å². The molecule has 0 bridgehead atoms. The molecule has 0 atom stereocenters. The van der Waals surface area contributed by atoms with Crippen LogP contribution in [0.25, 0.3) is 0 Å². The van der Waals surface area contributed by atoms with Crippen molar-refractivity contribution in [3.63, 3.8) is 0 Å². The van der Waals surface area contributed by atoms with Crippen molar-refractivity contribution in [3.8, 4) is 11.5 Å². The van der Waals surface area contributed by atoms with Gasteiger partial charge in [0.05, 0.1) is 5.69 Å². The Morgan fingerprint density at radius 2 is 1.88 bits per heavy atom. The molecule has 0 radical (unpaired) electrons. The summed E-state index contributed by atoms with van der Waals surface area (Å²) in [6, 6.07) is 11.4. The summed E-state index contributed by atoms with van der Waals surface area (Å²) in [7, 11) is 0. The van der Waals surface area contributed by atoms with Crippen molar-refractivity contribution >= 4 is 17.5 Å². The highest BCUT2D eigenvalue weighted by Gasteiger charge is 2.16. The zero-order chi connectivity index (χ0) is 18.6. The minimum atomic E-state index is -0.571. The number of nitrogens with one attached hydrogen (secondary N) is 1. The Bertz CT molecular complexity index is 794. The first-order valence-electron chi connectivity index (χ1n) is 7.83. The number of ether oxygens (including phenoxy) is 1. The molecule has 4 N–H and O–H groups in total. The van der Waals surface area contributed by atoms with Crippen LogP contribution in [0.2, 0.25) is 0 Å². The van der Waals surface area contributed by atoms with E-state index in [1.807, 2.05) is 26.8 Å². The number of hydrogen-bond donors (Lipinski definition) is 3. The second-order valence-corrected chi connectivity index (χ2v) is 6.71. The lowest BCUT2D eigenvalue weighted by Crippen LogP contribution is -2.21. The van der Waals surface area contributed by atoms with E-state index in [9.17, 15) is 14.7 Å². The first-order valence-corrected chi connectivity index (χ1v) is 7.83. The molecule has 0 spiro atoms. The lowest BCUT2D eigenvalue weighted by Gasteiger charge is -2.20. The Kier molecular flexibility index (Phi) is 5.32. The van der Waals surface area contributed by atoms with Crippen LogP contribution in [0, 0.1) is 0 Å². The first kappa shape index (κ1) is 18.3. The van der Waals surface area contributed by atoms with Gasteiger partial charge in [-0.2, -0.15) is 0 Å². The van der Waals surface area contributed by atoms with E-state index in [1.165, 1.54) is 6.07 Å². The van der Waals surface area contributed by atoms with Crippen LogP contribution in [-0.4, -0.2) is 23.5 Å². The fourth-order valence-electron chi connectivity index (χ4n) is 2.18. The van der Waals surface area contributed by atoms with Crippen molar-refractivity contribution < 1.29 is 19.4 Å². The molecule has 0 aliphatic rings. The average molecular weight is 342 g/mol. The van der Waals surface area contributed by atoms with Gasteiger partial charge in [-0.05, 0) is 41.3 Å². The molecule has 25 heavy (non-hydrogen) atoms. The summed E-state index contributed by atoms with van der Waals surface area (Å²) in [5.74, 6) is -0.652. The van der Waals surface area contributed by atoms with Gasteiger partial charge < -0.3 is 20.9 Å². The molecular formula is C19H22N2O4. The fourth-order valence-corrected chi connectivity index (χ4v) is 2.18. The van der Waals surface area contributed by atoms with Crippen LogP contribution in [0.4, 0.5) is 5.69 Å². The van der Waals surface area contributed by atoms with E-state index in [1.54, 1.807) is 30.3 Å². The maximum Gasteiger partial charge on any atom is 0.262 e. The van der Waals surface area contributed by atoms with Gasteiger partial charge in [-0.3, -0.25) is 9.59 Å². The molecule has 6 nitrogen and oxygen atoms in total. The van der Waals surface area contributed by atoms with Crippen molar-refractivity contribution in [3.05, 3.63) is 53.6 Å². The third kappa shape index (κ3) is 4.97. The number of amides is 2. The van der Waals surface area contributed by atoms with Crippen LogP contribution in [-0.2, 0) is 10.2 Å². The van der Waals surface area contributed by atoms with Gasteiger partial charge in [0.15, 0.2) is 6.61 Å². The SMILES string of the molecule is CC(C)(C)c1ccc(O)c(NC(=O)COc2cccc(C(N)=O)c2)c1. The van der Waals surface area contributed by atoms with Gasteiger partial charge >= 0.3 is 0 Å². The third-order valence-electron chi connectivity index (χ3n) is 3.63. The van der Waals surface area contributed by atoms with E-state index in [0.717, 1.165) is 5.56 Å². The number of nitrogens with two attached hydrogens (primary N) is 1. The molecule has 0 aliphatic heterocycles. The minimum Gasteiger partial charge on any atom is -0.506 e. The zero-order valence-corrected chi connectivity index (χ0v) is 14.5. The highest BCUT2D eigenvalue weighted by molar-refractivity contribution is 5.94. The van der Waals surface area contributed by atoms with E-state index in [0.29, 0.717) is 17.0 Å². The fraction of sp³-hybridized carbons (Fsp3) is 0.263. The Morgan fingerprint density at radius 3 is 2.52 bits per heavy atom. The molecule has 0 saturated heterocycles. The van der Waals surface area contributed by atoms with Crippen LogP contribution < -0.4 is 15.8 Å². The Labute approximate surface area is 146 Å². The van der Waals surface area contributed by atoms with Crippen molar-refractivity contribution in [1.82, 2.24) is 0 Å². The normalized spacial score (nSPS) is 11.0. The molecule has 2 aromatic rings. The van der Waals surface area contributed by atoms with E-state index in [-0.39, 0.29) is 17.8 Å². The molecule has 2 amide bonds. The molecule has 0 heterocycles. The highest BCUT2D eigenvalue weighted by Crippen LogP contribution is 2.30. The van der Waals surface area contributed by atoms with Gasteiger partial charge in [0, 0.05) is 5.56 Å². The molecule has 0 fully saturated rings. The van der Waals surface area contributed by atoms with Crippen molar-refractivity contribution in [2.45, 2.75) is 26.2 Å². The predicted octanol–water partition coefficient (Wildman–Crippen LogP) is 2.81. The van der Waals surface area contributed by atoms with E-state index >= 15 is 0 Å². The number of hydrogen-bond acceptors (Lipinski definition) is 4. The zero-order valence-electron chi connectivity index (χ0n) is 14.5. The molecule has 6 heteroatoms. The number of anilines is 1. The summed E-state index contributed by atoms with van der Waals surface area (Å²) in [5.41, 5.74) is 6.70. The summed E-state index contributed by atoms with van der Waals surface area (Å²) in [6.07, 6.45) is 0. The number of phenols is 1. The summed E-state index contributed by atoms with van der Waals surface area (Å²) in [4.78, 5) is 23.2. The standard InChI is InChI=1S/C19H22N2O4/c1-19(2,3)13-7-8-16(22)15(10-13)21-17(23)11-25-14-6-4-5-12(9-14)18(20)24/h4-10,22H,11H2,1-3H3,(H2,20,24)(H,21,23). The van der Waals surface area contributed by atoms with Gasteiger partial charge in [0.1, 0.15) is 11.5 Å². The molecule has 2 rings (SSSR count). The van der Waals surface area contributed by atoms with Gasteiger partial charge in [0.25, 0.3) is 5.91 Å². The number of carbonyl (C=O) groups is 2. The topological polar surface area (TPSA) is 102 Å². The smallest absolute Gasteiger partial charge is 0.262 e.